The van der Waals surface area contributed by atoms with Crippen LogP contribution < -0.4 is 0 Å². The van der Waals surface area contributed by atoms with Crippen LogP contribution in [-0.2, 0) is 36.5 Å². The fraction of sp³-hybridized carbons (Fsp3) is 0.400. The van der Waals surface area contributed by atoms with Gasteiger partial charge in [-0.1, -0.05) is 0 Å². The minimum atomic E-state index is -1.11. The zero-order valence-electron chi connectivity index (χ0n) is 5.54. The van der Waals surface area contributed by atoms with Gasteiger partial charge in [0.15, 0.2) is 0 Å². The van der Waals surface area contributed by atoms with E-state index in [1.165, 1.54) is 0 Å². The molecule has 0 aromatic carbocycles. The molecule has 0 saturated heterocycles. The molecule has 0 heterocycles. The molecule has 0 amide bonds. The summed E-state index contributed by atoms with van der Waals surface area (Å²) in [6.07, 6.45) is 0. The van der Waals surface area contributed by atoms with Crippen molar-refractivity contribution < 1.29 is 36.5 Å². The van der Waals surface area contributed by atoms with Crippen LogP contribution in [0.1, 0.15) is 13.8 Å². The Kier molecular flexibility index (Phi) is 6.21. The Hall–Kier alpha value is -0.658. The molecule has 0 aliphatic carbocycles. The fourth-order valence-corrected chi connectivity index (χ4v) is 0.202. The summed E-state index contributed by atoms with van der Waals surface area (Å²) in [4.78, 5) is 30.2. The molecule has 0 rings (SSSR count). The largest absolute Gasteiger partial charge is 0.387 e. The Bertz CT molecular complexity index is 163. The van der Waals surface area contributed by atoms with E-state index >= 15 is 0 Å². The number of rotatable bonds is 1. The third-order valence-corrected chi connectivity index (χ3v) is 0.524. The molecule has 0 N–H and O–H groups in total. The second-order valence-corrected chi connectivity index (χ2v) is 1.44. The average Bonchev–Trinajstić information content (AvgIpc) is 1.63. The van der Waals surface area contributed by atoms with Crippen LogP contribution in [0.25, 0.3) is 0 Å². The third kappa shape index (κ3) is 5.48. The summed E-state index contributed by atoms with van der Waals surface area (Å²) in [7, 11) is 0. The predicted octanol–water partition coefficient (Wildman–Crippen LogP) is -0.337. The second-order valence-electron chi connectivity index (χ2n) is 1.44. The number of hydrogen-bond donors (Lipinski definition) is 0. The Morgan fingerprint density at radius 3 is 1.60 bits per heavy atom. The first kappa shape index (κ1) is 12.1. The molecule has 4 nitrogen and oxygen atoms in total. The molecule has 5 heteroatoms. The minimum Gasteiger partial charge on any atom is -0.387 e. The van der Waals surface area contributed by atoms with E-state index in [9.17, 15) is 14.4 Å². The zero-order valence-corrected chi connectivity index (χ0v) is 6.82. The van der Waals surface area contributed by atoms with E-state index in [2.05, 4.69) is 4.74 Å². The number of Topliss-reactive ketones (excluding diaryl/α,β-unsaturated/α-hetero) is 1. The normalized spacial score (nSPS) is 7.40. The van der Waals surface area contributed by atoms with Crippen molar-refractivity contribution in [2.24, 2.45) is 0 Å². The maximum Gasteiger partial charge on any atom is 0.381 e. The number of carbonyl (C=O) groups excluding carboxylic acids is 3. The summed E-state index contributed by atoms with van der Waals surface area (Å²) in [6, 6.07) is 0. The van der Waals surface area contributed by atoms with E-state index in [1.54, 1.807) is 0 Å². The van der Waals surface area contributed by atoms with Gasteiger partial charge in [0.1, 0.15) is 0 Å². The summed E-state index contributed by atoms with van der Waals surface area (Å²) in [5, 5.41) is 0. The Morgan fingerprint density at radius 1 is 1.10 bits per heavy atom. The summed E-state index contributed by atoms with van der Waals surface area (Å²) in [6.45, 7) is 2.09. The van der Waals surface area contributed by atoms with Gasteiger partial charge in [-0.15, -0.1) is 0 Å². The molecular weight excluding hydrogens is 176 g/mol. The Labute approximate surface area is 68.7 Å². The van der Waals surface area contributed by atoms with E-state index in [0.717, 1.165) is 13.8 Å². The number of hydrogen-bond acceptors (Lipinski definition) is 4. The molecule has 0 aromatic rings. The third-order valence-electron chi connectivity index (χ3n) is 0.524. The molecule has 0 unspecified atom stereocenters. The first-order valence-electron chi connectivity index (χ1n) is 2.27. The zero-order chi connectivity index (χ0) is 7.44. The molecule has 0 aliphatic heterocycles. The molecule has 0 aliphatic rings. The topological polar surface area (TPSA) is 60.4 Å². The molecular formula is C5H6CrO4. The van der Waals surface area contributed by atoms with E-state index < -0.39 is 17.7 Å². The summed E-state index contributed by atoms with van der Waals surface area (Å²) in [5.74, 6) is -2.65. The molecule has 0 fully saturated rings. The number of esters is 2. The van der Waals surface area contributed by atoms with Crippen LogP contribution in [0, 0.1) is 0 Å². The second kappa shape index (κ2) is 5.15. The van der Waals surface area contributed by atoms with Gasteiger partial charge in [0, 0.05) is 31.2 Å². The van der Waals surface area contributed by atoms with Crippen LogP contribution in [0.15, 0.2) is 0 Å². The van der Waals surface area contributed by atoms with Crippen LogP contribution in [0.5, 0.6) is 0 Å². The van der Waals surface area contributed by atoms with E-state index in [1.807, 2.05) is 0 Å². The van der Waals surface area contributed by atoms with Crippen molar-refractivity contribution >= 4 is 17.7 Å². The van der Waals surface area contributed by atoms with Gasteiger partial charge in [-0.25, -0.2) is 4.79 Å². The number of carbonyl (C=O) groups is 3. The maximum atomic E-state index is 10.2. The Morgan fingerprint density at radius 2 is 1.50 bits per heavy atom. The van der Waals surface area contributed by atoms with Crippen molar-refractivity contribution in [1.82, 2.24) is 0 Å². The van der Waals surface area contributed by atoms with E-state index in [4.69, 9.17) is 0 Å². The standard InChI is InChI=1S/C5H6O4.Cr/c1-3(6)5(8)9-4(2)7;/h1-2H3;. The van der Waals surface area contributed by atoms with Gasteiger partial charge in [0.25, 0.3) is 0 Å². The quantitative estimate of drug-likeness (QED) is 0.316. The van der Waals surface area contributed by atoms with Crippen LogP contribution in [-0.4, -0.2) is 17.7 Å². The van der Waals surface area contributed by atoms with Crippen LogP contribution in [0.3, 0.4) is 0 Å². The first-order valence-corrected chi connectivity index (χ1v) is 2.27. The van der Waals surface area contributed by atoms with Crippen molar-refractivity contribution in [2.45, 2.75) is 13.8 Å². The van der Waals surface area contributed by atoms with Crippen molar-refractivity contribution in [1.29, 1.82) is 0 Å². The first-order chi connectivity index (χ1) is 4.04. The van der Waals surface area contributed by atoms with Crippen molar-refractivity contribution in [3.63, 3.8) is 0 Å². The molecule has 0 aromatic heterocycles. The SMILES string of the molecule is CC(=O)OC(=O)C(C)=O.[Cr]. The minimum absolute atomic E-state index is 0. The molecule has 0 spiro atoms. The fourth-order valence-electron chi connectivity index (χ4n) is 0.202. The van der Waals surface area contributed by atoms with Crippen molar-refractivity contribution in [3.05, 3.63) is 0 Å². The van der Waals surface area contributed by atoms with Crippen molar-refractivity contribution in [3.8, 4) is 0 Å². The van der Waals surface area contributed by atoms with Crippen molar-refractivity contribution in [2.75, 3.05) is 0 Å². The van der Waals surface area contributed by atoms with Gasteiger partial charge >= 0.3 is 11.9 Å². The Balaban J connectivity index is 0. The van der Waals surface area contributed by atoms with Gasteiger partial charge in [-0.3, -0.25) is 9.59 Å². The molecule has 56 valence electrons. The molecule has 0 bridgehead atoms. The van der Waals surface area contributed by atoms with Crippen LogP contribution >= 0.6 is 0 Å². The van der Waals surface area contributed by atoms with Gasteiger partial charge in [-0.05, 0) is 0 Å². The smallest absolute Gasteiger partial charge is 0.381 e. The summed E-state index contributed by atoms with van der Waals surface area (Å²) < 4.78 is 3.88. The summed E-state index contributed by atoms with van der Waals surface area (Å²) >= 11 is 0. The van der Waals surface area contributed by atoms with E-state index in [-0.39, 0.29) is 17.4 Å². The molecule has 10 heavy (non-hydrogen) atoms. The van der Waals surface area contributed by atoms with Gasteiger partial charge in [-0.2, -0.15) is 0 Å². The van der Waals surface area contributed by atoms with Gasteiger partial charge < -0.3 is 4.74 Å². The van der Waals surface area contributed by atoms with Gasteiger partial charge in [0.2, 0.25) is 5.78 Å². The monoisotopic (exact) mass is 182 g/mol. The van der Waals surface area contributed by atoms with E-state index in [0.29, 0.717) is 0 Å². The molecule has 0 saturated carbocycles. The average molecular weight is 182 g/mol. The van der Waals surface area contributed by atoms with Crippen LogP contribution in [0.2, 0.25) is 0 Å². The van der Waals surface area contributed by atoms with Crippen LogP contribution in [0.4, 0.5) is 0 Å². The predicted molar refractivity (Wildman–Crippen MR) is 27.5 cm³/mol. The molecule has 0 atom stereocenters. The maximum absolute atomic E-state index is 10.2. The number of ether oxygens (including phenoxy) is 1. The van der Waals surface area contributed by atoms with Gasteiger partial charge in [0.05, 0.1) is 0 Å². The molecule has 0 radical (unpaired) electrons. The number of ketones is 1. The summed E-state index contributed by atoms with van der Waals surface area (Å²) in [5.41, 5.74) is 0.